The first kappa shape index (κ1) is 22.0. The van der Waals surface area contributed by atoms with Crippen molar-refractivity contribution in [3.63, 3.8) is 0 Å². The fourth-order valence-electron chi connectivity index (χ4n) is 4.09. The van der Waals surface area contributed by atoms with Crippen LogP contribution in [0.1, 0.15) is 22.9 Å². The van der Waals surface area contributed by atoms with Crippen LogP contribution >= 0.6 is 0 Å². The van der Waals surface area contributed by atoms with Crippen LogP contribution < -0.4 is 25.8 Å². The molecule has 7 nitrogen and oxygen atoms in total. The van der Waals surface area contributed by atoms with Gasteiger partial charge in [0.15, 0.2) is 11.5 Å². The van der Waals surface area contributed by atoms with Gasteiger partial charge in [0.1, 0.15) is 17.9 Å². The van der Waals surface area contributed by atoms with Crippen molar-refractivity contribution in [2.45, 2.75) is 25.4 Å². The molecular formula is C24H28FN5O2. The highest BCUT2D eigenvalue weighted by molar-refractivity contribution is 5.52. The minimum Gasteiger partial charge on any atom is -0.493 e. The third-order valence-electron chi connectivity index (χ3n) is 5.82. The average Bonchev–Trinajstić information content (AvgIpc) is 2.82. The summed E-state index contributed by atoms with van der Waals surface area (Å²) in [5, 5.41) is 0. The van der Waals surface area contributed by atoms with E-state index < -0.39 is 12.5 Å². The molecule has 4 rings (SSSR count). The topological polar surface area (TPSA) is 89.9 Å². The van der Waals surface area contributed by atoms with Crippen LogP contribution in [0.3, 0.4) is 0 Å². The summed E-state index contributed by atoms with van der Waals surface area (Å²) in [6.45, 7) is 0.995. The van der Waals surface area contributed by atoms with E-state index in [9.17, 15) is 4.39 Å². The minimum atomic E-state index is -0.535. The van der Waals surface area contributed by atoms with Gasteiger partial charge in [-0.1, -0.05) is 30.3 Å². The molecule has 2 heterocycles. The van der Waals surface area contributed by atoms with Crippen LogP contribution in [0, 0.1) is 5.82 Å². The number of nitrogens with two attached hydrogens (primary N) is 2. The third-order valence-corrected chi connectivity index (χ3v) is 5.82. The summed E-state index contributed by atoms with van der Waals surface area (Å²) in [7, 11) is 3.21. The SMILES string of the molecule is COc1ccc(CN2C(N)c3cccnc3N(CCc3ccccc3F)C2N)cc1OC. The summed E-state index contributed by atoms with van der Waals surface area (Å²) in [5.41, 5.74) is 15.8. The van der Waals surface area contributed by atoms with Crippen molar-refractivity contribution >= 4 is 5.82 Å². The zero-order valence-corrected chi connectivity index (χ0v) is 18.2. The van der Waals surface area contributed by atoms with Gasteiger partial charge in [0.05, 0.1) is 20.4 Å². The molecular weight excluding hydrogens is 409 g/mol. The van der Waals surface area contributed by atoms with E-state index >= 15 is 0 Å². The predicted octanol–water partition coefficient (Wildman–Crippen LogP) is 3.00. The Bertz CT molecular complexity index is 1080. The van der Waals surface area contributed by atoms with Gasteiger partial charge in [-0.2, -0.15) is 0 Å². The highest BCUT2D eigenvalue weighted by Crippen LogP contribution is 2.35. The summed E-state index contributed by atoms with van der Waals surface area (Å²) in [4.78, 5) is 8.51. The normalized spacial score (nSPS) is 18.3. The lowest BCUT2D eigenvalue weighted by atomic mass is 10.1. The van der Waals surface area contributed by atoms with E-state index in [1.807, 2.05) is 46.2 Å². The standard InChI is InChI=1S/C24H28FN5O2/c1-31-20-10-9-16(14-21(20)32-2)15-30-22(26)18-7-5-12-28-23(18)29(24(30)27)13-11-17-6-3-4-8-19(17)25/h3-10,12,14,22,24H,11,13,15,26-27H2,1-2H3. The Morgan fingerprint density at radius 2 is 1.78 bits per heavy atom. The van der Waals surface area contributed by atoms with Crippen LogP contribution in [-0.4, -0.2) is 36.9 Å². The van der Waals surface area contributed by atoms with E-state index in [-0.39, 0.29) is 5.82 Å². The van der Waals surface area contributed by atoms with Crippen LogP contribution in [-0.2, 0) is 13.0 Å². The molecule has 168 valence electrons. The molecule has 0 amide bonds. The van der Waals surface area contributed by atoms with Crippen molar-refractivity contribution in [1.29, 1.82) is 0 Å². The van der Waals surface area contributed by atoms with Crippen molar-refractivity contribution in [2.75, 3.05) is 25.7 Å². The largest absolute Gasteiger partial charge is 0.493 e. The van der Waals surface area contributed by atoms with Crippen LogP contribution in [0.25, 0.3) is 0 Å². The van der Waals surface area contributed by atoms with Crippen LogP contribution in [0.5, 0.6) is 11.5 Å². The number of hydrogen-bond donors (Lipinski definition) is 2. The number of aromatic nitrogens is 1. The third kappa shape index (κ3) is 4.25. The predicted molar refractivity (Wildman–Crippen MR) is 122 cm³/mol. The van der Waals surface area contributed by atoms with Gasteiger partial charge in [-0.15, -0.1) is 0 Å². The molecule has 0 fully saturated rings. The quantitative estimate of drug-likeness (QED) is 0.587. The molecule has 2 atom stereocenters. The minimum absolute atomic E-state index is 0.224. The molecule has 0 aliphatic carbocycles. The maximum absolute atomic E-state index is 14.2. The molecule has 2 aromatic carbocycles. The van der Waals surface area contributed by atoms with Gasteiger partial charge < -0.3 is 20.1 Å². The lowest BCUT2D eigenvalue weighted by Crippen LogP contribution is -2.60. The molecule has 1 aliphatic rings. The van der Waals surface area contributed by atoms with Gasteiger partial charge in [0, 0.05) is 24.8 Å². The Morgan fingerprint density at radius 3 is 2.53 bits per heavy atom. The van der Waals surface area contributed by atoms with Crippen LogP contribution in [0.15, 0.2) is 60.8 Å². The maximum Gasteiger partial charge on any atom is 0.161 e. The second-order valence-corrected chi connectivity index (χ2v) is 7.67. The lowest BCUT2D eigenvalue weighted by Gasteiger charge is -2.46. The Hall–Kier alpha value is -3.20. The first-order chi connectivity index (χ1) is 15.5. The molecule has 0 spiro atoms. The van der Waals surface area contributed by atoms with Gasteiger partial charge in [0.25, 0.3) is 0 Å². The number of benzene rings is 2. The van der Waals surface area contributed by atoms with E-state index in [0.717, 1.165) is 16.9 Å². The smallest absolute Gasteiger partial charge is 0.161 e. The molecule has 0 saturated carbocycles. The summed E-state index contributed by atoms with van der Waals surface area (Å²) >= 11 is 0. The van der Waals surface area contributed by atoms with E-state index in [1.165, 1.54) is 6.07 Å². The van der Waals surface area contributed by atoms with Gasteiger partial charge in [0.2, 0.25) is 0 Å². The van der Waals surface area contributed by atoms with Crippen molar-refractivity contribution in [2.24, 2.45) is 11.5 Å². The molecule has 0 saturated heterocycles. The van der Waals surface area contributed by atoms with E-state index in [0.29, 0.717) is 36.6 Å². The highest BCUT2D eigenvalue weighted by atomic mass is 19.1. The molecule has 0 radical (unpaired) electrons. The Kier molecular flexibility index (Phi) is 6.55. The zero-order valence-electron chi connectivity index (χ0n) is 18.2. The Labute approximate surface area is 187 Å². The van der Waals surface area contributed by atoms with Crippen molar-refractivity contribution in [1.82, 2.24) is 9.88 Å². The fraction of sp³-hybridized carbons (Fsp3) is 0.292. The first-order valence-corrected chi connectivity index (χ1v) is 10.5. The summed E-state index contributed by atoms with van der Waals surface area (Å²) in [6, 6.07) is 16.3. The van der Waals surface area contributed by atoms with E-state index in [2.05, 4.69) is 4.98 Å². The first-order valence-electron chi connectivity index (χ1n) is 10.5. The summed E-state index contributed by atoms with van der Waals surface area (Å²) in [5.74, 6) is 1.80. The zero-order chi connectivity index (χ0) is 22.7. The number of nitrogens with zero attached hydrogens (tertiary/aromatic N) is 3. The highest BCUT2D eigenvalue weighted by Gasteiger charge is 2.36. The molecule has 4 N–H and O–H groups in total. The monoisotopic (exact) mass is 437 g/mol. The number of pyridine rings is 1. The lowest BCUT2D eigenvalue weighted by molar-refractivity contribution is 0.112. The number of methoxy groups -OCH3 is 2. The van der Waals surface area contributed by atoms with Crippen molar-refractivity contribution in [3.05, 3.63) is 83.3 Å². The fourth-order valence-corrected chi connectivity index (χ4v) is 4.09. The molecule has 0 bridgehead atoms. The van der Waals surface area contributed by atoms with Crippen LogP contribution in [0.2, 0.25) is 0 Å². The second-order valence-electron chi connectivity index (χ2n) is 7.67. The number of hydrogen-bond acceptors (Lipinski definition) is 7. The van der Waals surface area contributed by atoms with Crippen LogP contribution in [0.4, 0.5) is 10.2 Å². The van der Waals surface area contributed by atoms with Crippen molar-refractivity contribution in [3.8, 4) is 11.5 Å². The number of fused-ring (bicyclic) bond motifs is 1. The number of halogens is 1. The van der Waals surface area contributed by atoms with E-state index in [1.54, 1.807) is 32.5 Å². The van der Waals surface area contributed by atoms with Crippen molar-refractivity contribution < 1.29 is 13.9 Å². The summed E-state index contributed by atoms with van der Waals surface area (Å²) in [6.07, 6.45) is 1.24. The summed E-state index contributed by atoms with van der Waals surface area (Å²) < 4.78 is 24.9. The number of rotatable bonds is 7. The van der Waals surface area contributed by atoms with Gasteiger partial charge in [-0.3, -0.25) is 5.73 Å². The molecule has 8 heteroatoms. The molecule has 1 aliphatic heterocycles. The molecule has 32 heavy (non-hydrogen) atoms. The number of ether oxygens (including phenoxy) is 2. The second kappa shape index (κ2) is 9.52. The Morgan fingerprint density at radius 1 is 1.00 bits per heavy atom. The van der Waals surface area contributed by atoms with E-state index in [4.69, 9.17) is 20.9 Å². The average molecular weight is 438 g/mol. The van der Waals surface area contributed by atoms with Gasteiger partial charge in [-0.05, 0) is 41.8 Å². The maximum atomic E-state index is 14.2. The Balaban J connectivity index is 1.62. The molecule has 1 aromatic heterocycles. The number of anilines is 1. The van der Waals surface area contributed by atoms with Gasteiger partial charge in [-0.25, -0.2) is 14.3 Å². The van der Waals surface area contributed by atoms with Gasteiger partial charge >= 0.3 is 0 Å². The molecule has 2 unspecified atom stereocenters. The molecule has 3 aromatic rings.